The number of rotatable bonds is 6. The molecule has 1 fully saturated rings. The van der Waals surface area contributed by atoms with Crippen molar-refractivity contribution in [3.63, 3.8) is 0 Å². The van der Waals surface area contributed by atoms with Crippen molar-refractivity contribution in [1.29, 1.82) is 0 Å². The molecule has 0 unspecified atom stereocenters. The lowest BCUT2D eigenvalue weighted by atomic mass is 9.93. The highest BCUT2D eigenvalue weighted by molar-refractivity contribution is 5.50. The van der Waals surface area contributed by atoms with Gasteiger partial charge in [0.05, 0.1) is 33.0 Å². The van der Waals surface area contributed by atoms with E-state index in [0.29, 0.717) is 18.3 Å². The molecule has 1 aliphatic rings. The van der Waals surface area contributed by atoms with Crippen LogP contribution in [0.15, 0.2) is 12.1 Å². The summed E-state index contributed by atoms with van der Waals surface area (Å²) in [5, 5.41) is 13.1. The molecule has 118 valence electrons. The summed E-state index contributed by atoms with van der Waals surface area (Å²) in [6.07, 6.45) is 3.61. The molecule has 0 spiro atoms. The molecule has 0 radical (unpaired) electrons. The molecule has 0 heterocycles. The summed E-state index contributed by atoms with van der Waals surface area (Å²) in [6.45, 7) is 0.678. The standard InChI is InChI=1S/C16H25NO4/c1-19-13-8-15(20-2)14(16(9-13)21-3)10-17-11-4-6-12(18)7-5-11/h8-9,11-12,17-18H,4-7,10H2,1-3H3. The topological polar surface area (TPSA) is 60.0 Å². The lowest BCUT2D eigenvalue weighted by Crippen LogP contribution is -2.34. The van der Waals surface area contributed by atoms with E-state index in [2.05, 4.69) is 5.32 Å². The normalized spacial score (nSPS) is 21.9. The molecule has 2 N–H and O–H groups in total. The summed E-state index contributed by atoms with van der Waals surface area (Å²) in [5.41, 5.74) is 0.993. The molecule has 0 atom stereocenters. The van der Waals surface area contributed by atoms with E-state index in [4.69, 9.17) is 14.2 Å². The van der Waals surface area contributed by atoms with Gasteiger partial charge in [-0.25, -0.2) is 0 Å². The molecule has 0 aromatic heterocycles. The Morgan fingerprint density at radius 3 is 2.05 bits per heavy atom. The third-order valence-corrected chi connectivity index (χ3v) is 4.08. The van der Waals surface area contributed by atoms with Crippen LogP contribution in [-0.4, -0.2) is 38.6 Å². The summed E-state index contributed by atoms with van der Waals surface area (Å²) >= 11 is 0. The van der Waals surface area contributed by atoms with E-state index < -0.39 is 0 Å². The Balaban J connectivity index is 2.07. The van der Waals surface area contributed by atoms with E-state index in [-0.39, 0.29) is 6.10 Å². The molecule has 0 amide bonds. The first-order chi connectivity index (χ1) is 10.2. The van der Waals surface area contributed by atoms with E-state index in [9.17, 15) is 5.11 Å². The summed E-state index contributed by atoms with van der Waals surface area (Å²) in [4.78, 5) is 0. The molecule has 2 rings (SSSR count). The zero-order valence-corrected chi connectivity index (χ0v) is 13.0. The van der Waals surface area contributed by atoms with Crippen LogP contribution in [0.2, 0.25) is 0 Å². The van der Waals surface area contributed by atoms with E-state index in [1.807, 2.05) is 12.1 Å². The van der Waals surface area contributed by atoms with Gasteiger partial charge in [0.15, 0.2) is 0 Å². The number of hydrogen-bond acceptors (Lipinski definition) is 5. The maximum Gasteiger partial charge on any atom is 0.130 e. The average molecular weight is 295 g/mol. The van der Waals surface area contributed by atoms with Gasteiger partial charge >= 0.3 is 0 Å². The first kappa shape index (κ1) is 15.9. The van der Waals surface area contributed by atoms with Crippen molar-refractivity contribution in [2.24, 2.45) is 0 Å². The van der Waals surface area contributed by atoms with E-state index in [1.165, 1.54) is 0 Å². The Bertz CT molecular complexity index is 431. The predicted molar refractivity (Wildman–Crippen MR) is 81.2 cm³/mol. The van der Waals surface area contributed by atoms with E-state index in [1.54, 1.807) is 21.3 Å². The van der Waals surface area contributed by atoms with Crippen molar-refractivity contribution in [2.75, 3.05) is 21.3 Å². The van der Waals surface area contributed by atoms with Gasteiger partial charge in [-0.2, -0.15) is 0 Å². The first-order valence-corrected chi connectivity index (χ1v) is 7.38. The van der Waals surface area contributed by atoms with E-state index in [0.717, 1.165) is 42.7 Å². The zero-order valence-electron chi connectivity index (χ0n) is 13.0. The van der Waals surface area contributed by atoms with E-state index >= 15 is 0 Å². The molecule has 1 aliphatic carbocycles. The molecule has 21 heavy (non-hydrogen) atoms. The largest absolute Gasteiger partial charge is 0.496 e. The number of aliphatic hydroxyl groups excluding tert-OH is 1. The number of ether oxygens (including phenoxy) is 3. The van der Waals surface area contributed by atoms with Gasteiger partial charge in [-0.15, -0.1) is 0 Å². The SMILES string of the molecule is COc1cc(OC)c(CNC2CCC(O)CC2)c(OC)c1. The van der Waals surface area contributed by atoms with Crippen LogP contribution in [0.5, 0.6) is 17.2 Å². The van der Waals surface area contributed by atoms with Gasteiger partial charge in [-0.3, -0.25) is 0 Å². The van der Waals surface area contributed by atoms with Crippen LogP contribution in [0.25, 0.3) is 0 Å². The number of benzene rings is 1. The molecule has 0 aliphatic heterocycles. The summed E-state index contributed by atoms with van der Waals surface area (Å²) < 4.78 is 16.1. The number of hydrogen-bond donors (Lipinski definition) is 2. The second-order valence-electron chi connectivity index (χ2n) is 5.40. The summed E-state index contributed by atoms with van der Waals surface area (Å²) in [5.74, 6) is 2.23. The maximum atomic E-state index is 9.55. The second kappa shape index (κ2) is 7.52. The van der Waals surface area contributed by atoms with Crippen LogP contribution < -0.4 is 19.5 Å². The lowest BCUT2D eigenvalue weighted by molar-refractivity contribution is 0.116. The highest BCUT2D eigenvalue weighted by Gasteiger charge is 2.20. The molecule has 0 bridgehead atoms. The van der Waals surface area contributed by atoms with Crippen LogP contribution in [-0.2, 0) is 6.54 Å². The quantitative estimate of drug-likeness (QED) is 0.841. The first-order valence-electron chi connectivity index (χ1n) is 7.38. The number of nitrogens with one attached hydrogen (secondary N) is 1. The second-order valence-corrected chi connectivity index (χ2v) is 5.40. The Hall–Kier alpha value is -1.46. The maximum absolute atomic E-state index is 9.55. The number of aliphatic hydroxyl groups is 1. The number of methoxy groups -OCH3 is 3. The van der Waals surface area contributed by atoms with Gasteiger partial charge in [-0.05, 0) is 25.7 Å². The van der Waals surface area contributed by atoms with Crippen molar-refractivity contribution in [1.82, 2.24) is 5.32 Å². The van der Waals surface area contributed by atoms with Crippen molar-refractivity contribution >= 4 is 0 Å². The van der Waals surface area contributed by atoms with Crippen LogP contribution in [0.1, 0.15) is 31.2 Å². The average Bonchev–Trinajstić information content (AvgIpc) is 2.53. The lowest BCUT2D eigenvalue weighted by Gasteiger charge is -2.27. The minimum atomic E-state index is -0.131. The van der Waals surface area contributed by atoms with Gasteiger partial charge < -0.3 is 24.6 Å². The third-order valence-electron chi connectivity index (χ3n) is 4.08. The monoisotopic (exact) mass is 295 g/mol. The summed E-state index contributed by atoms with van der Waals surface area (Å²) in [7, 11) is 4.92. The molecule has 0 saturated heterocycles. The summed E-state index contributed by atoms with van der Waals surface area (Å²) in [6, 6.07) is 4.17. The van der Waals surface area contributed by atoms with Crippen molar-refractivity contribution in [3.8, 4) is 17.2 Å². The highest BCUT2D eigenvalue weighted by Crippen LogP contribution is 2.34. The Morgan fingerprint density at radius 2 is 1.57 bits per heavy atom. The molecule has 1 saturated carbocycles. The fourth-order valence-electron chi connectivity index (χ4n) is 2.78. The van der Waals surface area contributed by atoms with Crippen molar-refractivity contribution in [3.05, 3.63) is 17.7 Å². The van der Waals surface area contributed by atoms with Crippen LogP contribution in [0.3, 0.4) is 0 Å². The van der Waals surface area contributed by atoms with Gasteiger partial charge in [0.1, 0.15) is 17.2 Å². The smallest absolute Gasteiger partial charge is 0.130 e. The molecule has 1 aromatic carbocycles. The molecule has 5 nitrogen and oxygen atoms in total. The zero-order chi connectivity index (χ0) is 15.2. The van der Waals surface area contributed by atoms with Crippen LogP contribution in [0.4, 0.5) is 0 Å². The minimum absolute atomic E-state index is 0.131. The fraction of sp³-hybridized carbons (Fsp3) is 0.625. The Labute approximate surface area is 126 Å². The van der Waals surface area contributed by atoms with Crippen molar-refractivity contribution < 1.29 is 19.3 Å². The Morgan fingerprint density at radius 1 is 1.00 bits per heavy atom. The molecular formula is C16H25NO4. The predicted octanol–water partition coefficient (Wildman–Crippen LogP) is 2.11. The van der Waals surface area contributed by atoms with Gasteiger partial charge in [0.2, 0.25) is 0 Å². The molecular weight excluding hydrogens is 270 g/mol. The van der Waals surface area contributed by atoms with Gasteiger partial charge in [0, 0.05) is 24.7 Å². The van der Waals surface area contributed by atoms with Crippen molar-refractivity contribution in [2.45, 2.75) is 44.4 Å². The third kappa shape index (κ3) is 4.02. The highest BCUT2D eigenvalue weighted by atomic mass is 16.5. The minimum Gasteiger partial charge on any atom is -0.496 e. The van der Waals surface area contributed by atoms with Gasteiger partial charge in [-0.1, -0.05) is 0 Å². The van der Waals surface area contributed by atoms with Crippen LogP contribution in [0, 0.1) is 0 Å². The fourth-order valence-corrected chi connectivity index (χ4v) is 2.78. The molecule has 5 heteroatoms. The van der Waals surface area contributed by atoms with Crippen LogP contribution >= 0.6 is 0 Å². The Kier molecular flexibility index (Phi) is 5.70. The van der Waals surface area contributed by atoms with Gasteiger partial charge in [0.25, 0.3) is 0 Å². The molecule has 1 aromatic rings.